The van der Waals surface area contributed by atoms with Crippen LogP contribution in [0.1, 0.15) is 42.1 Å². The zero-order chi connectivity index (χ0) is 19.6. The Kier molecular flexibility index (Phi) is 5.51. The molecular weight excluding hydrogens is 342 g/mol. The van der Waals surface area contributed by atoms with Crippen LogP contribution in [0.25, 0.3) is 11.0 Å². The van der Waals surface area contributed by atoms with Gasteiger partial charge in [-0.05, 0) is 43.5 Å². The lowest BCUT2D eigenvalue weighted by Gasteiger charge is -2.18. The van der Waals surface area contributed by atoms with E-state index in [0.717, 1.165) is 33.4 Å². The lowest BCUT2D eigenvalue weighted by Crippen LogP contribution is -2.20. The van der Waals surface area contributed by atoms with Gasteiger partial charge in [0.05, 0.1) is 7.11 Å². The number of phenolic OH excluding ortho intramolecular Hbond substituents is 1. The number of aromatic hydroxyl groups is 1. The molecule has 5 nitrogen and oxygen atoms in total. The highest BCUT2D eigenvalue weighted by Crippen LogP contribution is 2.29. The summed E-state index contributed by atoms with van der Waals surface area (Å²) in [5, 5.41) is 14.3. The van der Waals surface area contributed by atoms with Crippen LogP contribution in [0.5, 0.6) is 11.5 Å². The molecule has 2 aromatic carbocycles. The van der Waals surface area contributed by atoms with Crippen LogP contribution < -0.4 is 15.7 Å². The van der Waals surface area contributed by atoms with E-state index < -0.39 is 5.63 Å². The molecule has 0 aliphatic rings. The van der Waals surface area contributed by atoms with Crippen LogP contribution in [-0.4, -0.2) is 12.2 Å². The van der Waals surface area contributed by atoms with Gasteiger partial charge in [-0.3, -0.25) is 0 Å². The molecule has 1 aromatic heterocycles. The first-order chi connectivity index (χ1) is 12.9. The Labute approximate surface area is 158 Å². The van der Waals surface area contributed by atoms with E-state index in [1.165, 1.54) is 12.1 Å². The lowest BCUT2D eigenvalue weighted by molar-refractivity contribution is 0.401. The fraction of sp³-hybridized carbons (Fsp3) is 0.318. The minimum Gasteiger partial charge on any atom is -0.508 e. The number of fused-ring (bicyclic) bond motifs is 1. The molecule has 0 spiro atoms. The van der Waals surface area contributed by atoms with Crippen molar-refractivity contribution in [1.29, 1.82) is 0 Å². The normalized spacial score (nSPS) is 12.3. The maximum atomic E-state index is 11.9. The molecule has 1 unspecified atom stereocenters. The smallest absolute Gasteiger partial charge is 0.336 e. The van der Waals surface area contributed by atoms with Crippen molar-refractivity contribution in [2.45, 2.75) is 39.8 Å². The first-order valence-corrected chi connectivity index (χ1v) is 9.09. The number of benzene rings is 2. The van der Waals surface area contributed by atoms with Crippen molar-refractivity contribution in [2.24, 2.45) is 0 Å². The number of rotatable bonds is 6. The van der Waals surface area contributed by atoms with Crippen LogP contribution in [0, 0.1) is 6.92 Å². The average Bonchev–Trinajstić information content (AvgIpc) is 2.65. The summed E-state index contributed by atoms with van der Waals surface area (Å²) in [6.45, 7) is 6.58. The maximum absolute atomic E-state index is 11.9. The predicted molar refractivity (Wildman–Crippen MR) is 107 cm³/mol. The first-order valence-electron chi connectivity index (χ1n) is 9.09. The van der Waals surface area contributed by atoms with Crippen LogP contribution in [0.4, 0.5) is 0 Å². The predicted octanol–water partition coefficient (Wildman–Crippen LogP) is 4.23. The molecular formula is C22H25NO4. The molecule has 5 heteroatoms. The summed E-state index contributed by atoms with van der Waals surface area (Å²) in [6, 6.07) is 11.0. The Bertz CT molecular complexity index is 1020. The van der Waals surface area contributed by atoms with E-state index in [0.29, 0.717) is 18.5 Å². The van der Waals surface area contributed by atoms with Gasteiger partial charge in [-0.25, -0.2) is 4.79 Å². The molecule has 1 heterocycles. The molecule has 3 rings (SSSR count). The number of hydrogen-bond acceptors (Lipinski definition) is 5. The molecule has 0 aliphatic heterocycles. The second-order valence-electron chi connectivity index (χ2n) is 6.77. The number of hydrogen-bond donors (Lipinski definition) is 2. The third-order valence-electron chi connectivity index (χ3n) is 4.86. The Hall–Kier alpha value is -2.79. The fourth-order valence-electron chi connectivity index (χ4n) is 3.30. The summed E-state index contributed by atoms with van der Waals surface area (Å²) >= 11 is 0. The van der Waals surface area contributed by atoms with E-state index >= 15 is 0 Å². The van der Waals surface area contributed by atoms with Gasteiger partial charge < -0.3 is 19.6 Å². The van der Waals surface area contributed by atoms with Crippen LogP contribution in [0.3, 0.4) is 0 Å². The van der Waals surface area contributed by atoms with Crippen molar-refractivity contribution in [3.8, 4) is 11.5 Å². The van der Waals surface area contributed by atoms with Crippen molar-refractivity contribution in [3.63, 3.8) is 0 Å². The summed E-state index contributed by atoms with van der Waals surface area (Å²) in [5.41, 5.74) is 3.86. The summed E-state index contributed by atoms with van der Waals surface area (Å²) < 4.78 is 10.7. The summed E-state index contributed by atoms with van der Waals surface area (Å²) in [4.78, 5) is 11.9. The van der Waals surface area contributed by atoms with E-state index in [2.05, 4.69) is 18.3 Å². The van der Waals surface area contributed by atoms with E-state index in [-0.39, 0.29) is 11.8 Å². The molecule has 3 aromatic rings. The molecule has 0 saturated carbocycles. The van der Waals surface area contributed by atoms with Crippen molar-refractivity contribution >= 4 is 11.0 Å². The monoisotopic (exact) mass is 367 g/mol. The fourth-order valence-corrected chi connectivity index (χ4v) is 3.30. The zero-order valence-corrected chi connectivity index (χ0v) is 16.1. The van der Waals surface area contributed by atoms with E-state index in [1.807, 2.05) is 32.0 Å². The van der Waals surface area contributed by atoms with Crippen LogP contribution >= 0.6 is 0 Å². The average molecular weight is 367 g/mol. The van der Waals surface area contributed by atoms with Gasteiger partial charge in [0.25, 0.3) is 0 Å². The molecule has 27 heavy (non-hydrogen) atoms. The number of nitrogens with one attached hydrogen (secondary N) is 1. The molecule has 2 N–H and O–H groups in total. The number of methoxy groups -OCH3 is 1. The van der Waals surface area contributed by atoms with Gasteiger partial charge in [0.15, 0.2) is 0 Å². The first kappa shape index (κ1) is 19.0. The molecule has 142 valence electrons. The van der Waals surface area contributed by atoms with E-state index in [4.69, 9.17) is 9.15 Å². The summed E-state index contributed by atoms with van der Waals surface area (Å²) in [6.07, 6.45) is 0.699. The van der Waals surface area contributed by atoms with Gasteiger partial charge in [-0.15, -0.1) is 0 Å². The van der Waals surface area contributed by atoms with Crippen molar-refractivity contribution in [3.05, 3.63) is 69.1 Å². The summed E-state index contributed by atoms with van der Waals surface area (Å²) in [7, 11) is 1.66. The number of aryl methyl sites for hydroxylation is 2. The highest BCUT2D eigenvalue weighted by Gasteiger charge is 2.14. The van der Waals surface area contributed by atoms with Gasteiger partial charge in [-0.1, -0.05) is 24.6 Å². The van der Waals surface area contributed by atoms with Gasteiger partial charge in [0.2, 0.25) is 0 Å². The Balaban J connectivity index is 1.93. The molecule has 1 atom stereocenters. The third-order valence-corrected chi connectivity index (χ3v) is 4.86. The third kappa shape index (κ3) is 3.98. The number of phenols is 1. The number of ether oxygens (including phenoxy) is 1. The minimum absolute atomic E-state index is 0.0323. The molecule has 0 saturated heterocycles. The van der Waals surface area contributed by atoms with E-state index in [9.17, 15) is 9.90 Å². The highest BCUT2D eigenvalue weighted by atomic mass is 16.5. The topological polar surface area (TPSA) is 71.7 Å². The molecule has 0 aliphatic carbocycles. The standard InChI is InChI=1S/C22H25NO4/c1-5-15-9-18-16(10-22(25)27-21(18)11-19(15)24)12-23-14(3)17-8-13(2)6-7-20(17)26-4/h6-11,14,23-24H,5,12H2,1-4H3. The van der Waals surface area contributed by atoms with Crippen molar-refractivity contribution in [1.82, 2.24) is 5.32 Å². The molecule has 0 fully saturated rings. The Morgan fingerprint density at radius 3 is 2.67 bits per heavy atom. The zero-order valence-electron chi connectivity index (χ0n) is 16.1. The Morgan fingerprint density at radius 1 is 1.19 bits per heavy atom. The summed E-state index contributed by atoms with van der Waals surface area (Å²) in [5.74, 6) is 0.979. The molecule has 0 radical (unpaired) electrons. The Morgan fingerprint density at radius 2 is 1.96 bits per heavy atom. The highest BCUT2D eigenvalue weighted by molar-refractivity contribution is 5.82. The minimum atomic E-state index is -0.427. The van der Waals surface area contributed by atoms with Gasteiger partial charge >= 0.3 is 5.63 Å². The maximum Gasteiger partial charge on any atom is 0.336 e. The van der Waals surface area contributed by atoms with Gasteiger partial charge in [-0.2, -0.15) is 0 Å². The molecule has 0 bridgehead atoms. The van der Waals surface area contributed by atoms with Crippen LogP contribution in [-0.2, 0) is 13.0 Å². The largest absolute Gasteiger partial charge is 0.508 e. The van der Waals surface area contributed by atoms with Crippen LogP contribution in [0.2, 0.25) is 0 Å². The van der Waals surface area contributed by atoms with Crippen molar-refractivity contribution < 1.29 is 14.3 Å². The SMILES string of the molecule is CCc1cc2c(CNC(C)c3cc(C)ccc3OC)cc(=O)oc2cc1O. The van der Waals surface area contributed by atoms with Gasteiger partial charge in [0, 0.05) is 35.7 Å². The molecule has 0 amide bonds. The van der Waals surface area contributed by atoms with Gasteiger partial charge in [0.1, 0.15) is 17.1 Å². The second kappa shape index (κ2) is 7.84. The van der Waals surface area contributed by atoms with E-state index in [1.54, 1.807) is 7.11 Å². The lowest BCUT2D eigenvalue weighted by atomic mass is 10.0. The second-order valence-corrected chi connectivity index (χ2v) is 6.77. The van der Waals surface area contributed by atoms with Crippen molar-refractivity contribution in [2.75, 3.05) is 7.11 Å². The quantitative estimate of drug-likeness (QED) is 0.638. The van der Waals surface area contributed by atoms with Crippen LogP contribution in [0.15, 0.2) is 45.6 Å².